The summed E-state index contributed by atoms with van der Waals surface area (Å²) < 4.78 is 5.60. The second-order valence-electron chi connectivity index (χ2n) is 7.70. The lowest BCUT2D eigenvalue weighted by Crippen LogP contribution is -2.42. The summed E-state index contributed by atoms with van der Waals surface area (Å²) in [4.78, 5) is 19.8. The van der Waals surface area contributed by atoms with Crippen LogP contribution in [0.4, 0.5) is 5.82 Å². The molecule has 0 bridgehead atoms. The number of nitrogens with zero attached hydrogens (tertiary/aromatic N) is 2. The number of amides is 1. The lowest BCUT2D eigenvalue weighted by Gasteiger charge is -2.37. The summed E-state index contributed by atoms with van der Waals surface area (Å²) >= 11 is 0. The number of rotatable bonds is 5. The van der Waals surface area contributed by atoms with Gasteiger partial charge in [-0.3, -0.25) is 4.79 Å². The van der Waals surface area contributed by atoms with Crippen molar-refractivity contribution in [3.8, 4) is 0 Å². The topological polar surface area (TPSA) is 54.5 Å². The van der Waals surface area contributed by atoms with Gasteiger partial charge in [0.05, 0.1) is 5.92 Å². The highest BCUT2D eigenvalue weighted by Crippen LogP contribution is 2.44. The molecule has 1 spiro atoms. The van der Waals surface area contributed by atoms with E-state index in [0.29, 0.717) is 5.82 Å². The van der Waals surface area contributed by atoms with Crippen LogP contribution >= 0.6 is 0 Å². The van der Waals surface area contributed by atoms with Crippen LogP contribution < -0.4 is 5.32 Å². The Morgan fingerprint density at radius 2 is 1.93 bits per heavy atom. The predicted molar refractivity (Wildman–Crippen MR) is 105 cm³/mol. The summed E-state index contributed by atoms with van der Waals surface area (Å²) in [6.45, 7) is 4.27. The van der Waals surface area contributed by atoms with Crippen molar-refractivity contribution < 1.29 is 9.53 Å². The van der Waals surface area contributed by atoms with E-state index in [0.717, 1.165) is 52.1 Å². The predicted octanol–water partition coefficient (Wildman–Crippen LogP) is 2.99. The third kappa shape index (κ3) is 4.20. The summed E-state index contributed by atoms with van der Waals surface area (Å²) in [7, 11) is 0. The molecule has 2 aliphatic heterocycles. The number of carbonyl (C=O) groups excluding carboxylic acids is 1. The second kappa shape index (κ2) is 8.19. The minimum atomic E-state index is -0.0146. The molecule has 1 aromatic heterocycles. The molecular formula is C22H27N3O2. The van der Waals surface area contributed by atoms with Gasteiger partial charge in [0, 0.05) is 44.5 Å². The van der Waals surface area contributed by atoms with E-state index in [9.17, 15) is 4.79 Å². The van der Waals surface area contributed by atoms with Gasteiger partial charge in [-0.15, -0.1) is 0 Å². The fourth-order valence-corrected chi connectivity index (χ4v) is 4.47. The lowest BCUT2D eigenvalue weighted by atomic mass is 9.72. The molecule has 4 rings (SSSR count). The molecule has 27 heavy (non-hydrogen) atoms. The van der Waals surface area contributed by atoms with Crippen molar-refractivity contribution in [3.05, 3.63) is 60.3 Å². The van der Waals surface area contributed by atoms with Gasteiger partial charge >= 0.3 is 0 Å². The fraction of sp³-hybridized carbons (Fsp3) is 0.455. The zero-order valence-corrected chi connectivity index (χ0v) is 15.6. The zero-order chi connectivity index (χ0) is 18.5. The minimum absolute atomic E-state index is 0.0146. The van der Waals surface area contributed by atoms with Gasteiger partial charge in [0.1, 0.15) is 5.82 Å². The van der Waals surface area contributed by atoms with Crippen LogP contribution in [0.15, 0.2) is 54.7 Å². The van der Waals surface area contributed by atoms with Gasteiger partial charge in [-0.2, -0.15) is 0 Å². The van der Waals surface area contributed by atoms with Crippen LogP contribution in [-0.2, 0) is 16.0 Å². The average Bonchev–Trinajstić information content (AvgIpc) is 3.06. The molecule has 2 fully saturated rings. The van der Waals surface area contributed by atoms with Crippen molar-refractivity contribution in [1.29, 1.82) is 0 Å². The van der Waals surface area contributed by atoms with Gasteiger partial charge in [-0.25, -0.2) is 4.98 Å². The number of pyridine rings is 1. The van der Waals surface area contributed by atoms with Crippen LogP contribution in [0.1, 0.15) is 18.4 Å². The highest BCUT2D eigenvalue weighted by atomic mass is 16.5. The summed E-state index contributed by atoms with van der Waals surface area (Å²) in [5.41, 5.74) is 1.37. The third-order valence-corrected chi connectivity index (χ3v) is 6.00. The molecule has 1 amide bonds. The molecule has 0 radical (unpaired) electrons. The minimum Gasteiger partial charge on any atom is -0.381 e. The number of hydrogen-bond acceptors (Lipinski definition) is 4. The quantitative estimate of drug-likeness (QED) is 0.885. The Bertz CT molecular complexity index is 745. The van der Waals surface area contributed by atoms with E-state index in [4.69, 9.17) is 4.74 Å². The number of carbonyl (C=O) groups is 1. The molecule has 2 aromatic rings. The molecule has 0 aliphatic carbocycles. The number of aromatic nitrogens is 1. The van der Waals surface area contributed by atoms with Crippen LogP contribution in [0.5, 0.6) is 0 Å². The van der Waals surface area contributed by atoms with Crippen molar-refractivity contribution in [2.45, 2.75) is 19.3 Å². The molecule has 1 atom stereocenters. The average molecular weight is 365 g/mol. The first kappa shape index (κ1) is 18.1. The van der Waals surface area contributed by atoms with Crippen molar-refractivity contribution in [2.24, 2.45) is 11.3 Å². The van der Waals surface area contributed by atoms with E-state index in [1.165, 1.54) is 5.56 Å². The fourth-order valence-electron chi connectivity index (χ4n) is 4.47. The Morgan fingerprint density at radius 3 is 2.67 bits per heavy atom. The van der Waals surface area contributed by atoms with Gasteiger partial charge in [-0.05, 0) is 37.0 Å². The maximum Gasteiger partial charge on any atom is 0.230 e. The Morgan fingerprint density at radius 1 is 1.15 bits per heavy atom. The molecule has 1 unspecified atom stereocenters. The first-order valence-corrected chi connectivity index (χ1v) is 9.81. The summed E-state index contributed by atoms with van der Waals surface area (Å²) in [5, 5.41) is 3.03. The molecule has 2 aliphatic rings. The van der Waals surface area contributed by atoms with Crippen LogP contribution in [0, 0.1) is 11.3 Å². The molecule has 5 heteroatoms. The number of anilines is 1. The van der Waals surface area contributed by atoms with Crippen LogP contribution in [0.3, 0.4) is 0 Å². The Balaban J connectivity index is 1.45. The third-order valence-electron chi connectivity index (χ3n) is 6.00. The number of benzene rings is 1. The Labute approximate surface area is 160 Å². The zero-order valence-electron chi connectivity index (χ0n) is 15.6. The van der Waals surface area contributed by atoms with Crippen molar-refractivity contribution in [2.75, 3.05) is 38.2 Å². The van der Waals surface area contributed by atoms with Gasteiger partial charge in [-0.1, -0.05) is 36.4 Å². The summed E-state index contributed by atoms with van der Waals surface area (Å²) in [6, 6.07) is 16.2. The molecule has 5 nitrogen and oxygen atoms in total. The normalized spacial score (nSPS) is 22.0. The molecular weight excluding hydrogens is 338 g/mol. The van der Waals surface area contributed by atoms with Gasteiger partial charge in [0.15, 0.2) is 0 Å². The molecule has 1 N–H and O–H groups in total. The molecule has 3 heterocycles. The monoisotopic (exact) mass is 365 g/mol. The standard InChI is InChI=1S/C22H27N3O2/c26-21(24-20-8-4-5-12-23-20)19-16-25(13-9-18-6-2-1-3-7-18)17-22(19)10-14-27-15-11-22/h1-8,12,19H,9-11,13-17H2,(H,23,24,26). The number of nitrogens with one attached hydrogen (secondary N) is 1. The van der Waals surface area contributed by atoms with Crippen molar-refractivity contribution in [3.63, 3.8) is 0 Å². The van der Waals surface area contributed by atoms with E-state index in [1.807, 2.05) is 24.3 Å². The van der Waals surface area contributed by atoms with Crippen LogP contribution in [-0.4, -0.2) is 48.6 Å². The van der Waals surface area contributed by atoms with Gasteiger partial charge in [0.25, 0.3) is 0 Å². The van der Waals surface area contributed by atoms with Gasteiger partial charge in [0.2, 0.25) is 5.91 Å². The molecule has 1 aromatic carbocycles. The molecule has 0 saturated carbocycles. The van der Waals surface area contributed by atoms with E-state index in [2.05, 4.69) is 39.5 Å². The molecule has 142 valence electrons. The first-order valence-electron chi connectivity index (χ1n) is 9.81. The number of ether oxygens (including phenoxy) is 1. The highest BCUT2D eigenvalue weighted by Gasteiger charge is 2.50. The Hall–Kier alpha value is -2.24. The highest BCUT2D eigenvalue weighted by molar-refractivity contribution is 5.92. The number of hydrogen-bond donors (Lipinski definition) is 1. The summed E-state index contributed by atoms with van der Waals surface area (Å²) in [6.07, 6.45) is 4.63. The van der Waals surface area contributed by atoms with Crippen molar-refractivity contribution >= 4 is 11.7 Å². The largest absolute Gasteiger partial charge is 0.381 e. The van der Waals surface area contributed by atoms with E-state index in [1.54, 1.807) is 6.20 Å². The maximum atomic E-state index is 13.1. The van der Waals surface area contributed by atoms with Crippen LogP contribution in [0.2, 0.25) is 0 Å². The van der Waals surface area contributed by atoms with Gasteiger partial charge < -0.3 is 15.0 Å². The van der Waals surface area contributed by atoms with E-state index < -0.39 is 0 Å². The Kier molecular flexibility index (Phi) is 5.50. The second-order valence-corrected chi connectivity index (χ2v) is 7.70. The maximum absolute atomic E-state index is 13.1. The van der Waals surface area contributed by atoms with Crippen molar-refractivity contribution in [1.82, 2.24) is 9.88 Å². The lowest BCUT2D eigenvalue weighted by molar-refractivity contribution is -0.124. The van der Waals surface area contributed by atoms with Crippen LogP contribution in [0.25, 0.3) is 0 Å². The smallest absolute Gasteiger partial charge is 0.230 e. The summed E-state index contributed by atoms with van der Waals surface area (Å²) in [5.74, 6) is 0.712. The SMILES string of the molecule is O=C(Nc1ccccn1)C1CN(CCc2ccccc2)CC12CCOCC2. The molecule has 2 saturated heterocycles. The first-order chi connectivity index (χ1) is 13.3. The number of likely N-dealkylation sites (tertiary alicyclic amines) is 1. The van der Waals surface area contributed by atoms with E-state index in [-0.39, 0.29) is 17.2 Å². The van der Waals surface area contributed by atoms with E-state index >= 15 is 0 Å².